The number of rotatable bonds is 2. The monoisotopic (exact) mass is 267 g/mol. The number of hydrogen-bond acceptors (Lipinski definition) is 4. The van der Waals surface area contributed by atoms with E-state index in [1.807, 2.05) is 12.4 Å². The van der Waals surface area contributed by atoms with Gasteiger partial charge in [0.1, 0.15) is 0 Å². The van der Waals surface area contributed by atoms with Gasteiger partial charge in [0.25, 0.3) is 0 Å². The van der Waals surface area contributed by atoms with Crippen LogP contribution in [0.4, 0.5) is 0 Å². The van der Waals surface area contributed by atoms with Crippen LogP contribution in [0.5, 0.6) is 0 Å². The number of aromatic nitrogens is 3. The fourth-order valence-corrected chi connectivity index (χ4v) is 2.40. The lowest BCUT2D eigenvalue weighted by Crippen LogP contribution is -2.48. The predicted molar refractivity (Wildman–Crippen MR) is 73.0 cm³/mol. The topological polar surface area (TPSA) is 45.5 Å². The second kappa shape index (κ2) is 5.65. The number of imidazole rings is 1. The van der Waals surface area contributed by atoms with Gasteiger partial charge >= 0.3 is 0 Å². The summed E-state index contributed by atoms with van der Waals surface area (Å²) in [6.07, 6.45) is 7.52. The summed E-state index contributed by atoms with van der Waals surface area (Å²) in [7, 11) is 0. The third-order valence-electron chi connectivity index (χ3n) is 3.23. The number of halogens is 1. The highest BCUT2D eigenvalue weighted by atomic mass is 35.5. The first kappa shape index (κ1) is 13.3. The molecule has 5 nitrogen and oxygen atoms in total. The Labute approximate surface area is 113 Å². The molecule has 3 heterocycles. The molecule has 0 spiro atoms. The molecule has 3 rings (SSSR count). The molecule has 0 saturated carbocycles. The first-order chi connectivity index (χ1) is 8.33. The molecule has 1 fully saturated rings. The standard InChI is InChI=1S/C12H17N5.ClH/c1-10-8-16(4-3-14-10)9-11-6-15-12-7-13-2-5-17(11)12;/h2,5-7,10,14H,3-4,8-9H2,1H3;1H/t10-;/m1./s1. The molecular formula is C12H18ClN5. The second-order valence-corrected chi connectivity index (χ2v) is 4.64. The fourth-order valence-electron chi connectivity index (χ4n) is 2.40. The van der Waals surface area contributed by atoms with Crippen molar-refractivity contribution in [2.24, 2.45) is 0 Å². The highest BCUT2D eigenvalue weighted by molar-refractivity contribution is 5.85. The zero-order chi connectivity index (χ0) is 11.7. The summed E-state index contributed by atoms with van der Waals surface area (Å²) in [5, 5.41) is 3.45. The number of nitrogens with one attached hydrogen (secondary N) is 1. The quantitative estimate of drug-likeness (QED) is 0.880. The lowest BCUT2D eigenvalue weighted by molar-refractivity contribution is 0.197. The van der Waals surface area contributed by atoms with E-state index in [0.29, 0.717) is 6.04 Å². The van der Waals surface area contributed by atoms with E-state index in [4.69, 9.17) is 0 Å². The smallest absolute Gasteiger partial charge is 0.155 e. The molecule has 0 bridgehead atoms. The summed E-state index contributed by atoms with van der Waals surface area (Å²) in [5.41, 5.74) is 2.15. The van der Waals surface area contributed by atoms with E-state index in [9.17, 15) is 0 Å². The summed E-state index contributed by atoms with van der Waals surface area (Å²) >= 11 is 0. The maximum absolute atomic E-state index is 4.36. The summed E-state index contributed by atoms with van der Waals surface area (Å²) in [5.74, 6) is 0. The molecule has 6 heteroatoms. The molecule has 0 unspecified atom stereocenters. The highest BCUT2D eigenvalue weighted by Crippen LogP contribution is 2.09. The van der Waals surface area contributed by atoms with Crippen molar-refractivity contribution < 1.29 is 0 Å². The molecule has 0 radical (unpaired) electrons. The van der Waals surface area contributed by atoms with Gasteiger partial charge in [-0.25, -0.2) is 4.98 Å². The van der Waals surface area contributed by atoms with Gasteiger partial charge in [0.05, 0.1) is 18.1 Å². The van der Waals surface area contributed by atoms with Crippen LogP contribution in [-0.2, 0) is 6.54 Å². The Morgan fingerprint density at radius 2 is 2.33 bits per heavy atom. The summed E-state index contributed by atoms with van der Waals surface area (Å²) in [6.45, 7) is 6.45. The third-order valence-corrected chi connectivity index (χ3v) is 3.23. The third kappa shape index (κ3) is 2.63. The van der Waals surface area contributed by atoms with Gasteiger partial charge in [0, 0.05) is 44.6 Å². The number of hydrogen-bond donors (Lipinski definition) is 1. The highest BCUT2D eigenvalue weighted by Gasteiger charge is 2.16. The zero-order valence-corrected chi connectivity index (χ0v) is 11.2. The lowest BCUT2D eigenvalue weighted by atomic mass is 10.2. The van der Waals surface area contributed by atoms with Crippen LogP contribution >= 0.6 is 12.4 Å². The minimum atomic E-state index is 0. The molecule has 2 aromatic heterocycles. The van der Waals surface area contributed by atoms with Crippen molar-refractivity contribution in [3.8, 4) is 0 Å². The van der Waals surface area contributed by atoms with Gasteiger partial charge in [0.2, 0.25) is 0 Å². The fraction of sp³-hybridized carbons (Fsp3) is 0.500. The normalized spacial score (nSPS) is 20.8. The molecule has 98 valence electrons. The summed E-state index contributed by atoms with van der Waals surface area (Å²) in [4.78, 5) is 10.9. The molecule has 1 atom stereocenters. The zero-order valence-electron chi connectivity index (χ0n) is 10.4. The molecule has 0 aromatic carbocycles. The van der Waals surface area contributed by atoms with Crippen LogP contribution in [0.3, 0.4) is 0 Å². The Balaban J connectivity index is 0.00000120. The van der Waals surface area contributed by atoms with Crippen molar-refractivity contribution in [3.63, 3.8) is 0 Å². The lowest BCUT2D eigenvalue weighted by Gasteiger charge is -2.31. The van der Waals surface area contributed by atoms with E-state index < -0.39 is 0 Å². The van der Waals surface area contributed by atoms with Gasteiger partial charge in [0.15, 0.2) is 5.65 Å². The van der Waals surface area contributed by atoms with Gasteiger partial charge in [-0.15, -0.1) is 12.4 Å². The van der Waals surface area contributed by atoms with Crippen molar-refractivity contribution in [3.05, 3.63) is 30.5 Å². The minimum absolute atomic E-state index is 0. The first-order valence-corrected chi connectivity index (χ1v) is 6.04. The van der Waals surface area contributed by atoms with Crippen molar-refractivity contribution in [1.82, 2.24) is 24.6 Å². The Kier molecular flexibility index (Phi) is 4.16. The van der Waals surface area contributed by atoms with Gasteiger partial charge in [-0.05, 0) is 6.92 Å². The Morgan fingerprint density at radius 1 is 1.44 bits per heavy atom. The van der Waals surface area contributed by atoms with Crippen LogP contribution in [0.1, 0.15) is 12.6 Å². The predicted octanol–water partition coefficient (Wildman–Crippen LogP) is 0.945. The summed E-state index contributed by atoms with van der Waals surface area (Å²) < 4.78 is 2.11. The second-order valence-electron chi connectivity index (χ2n) is 4.64. The van der Waals surface area contributed by atoms with E-state index in [0.717, 1.165) is 31.8 Å². The number of fused-ring (bicyclic) bond motifs is 1. The maximum atomic E-state index is 4.36. The van der Waals surface area contributed by atoms with Gasteiger partial charge in [-0.3, -0.25) is 14.3 Å². The maximum Gasteiger partial charge on any atom is 0.155 e. The number of nitrogens with zero attached hydrogens (tertiary/aromatic N) is 4. The van der Waals surface area contributed by atoms with Crippen LogP contribution in [0.25, 0.3) is 5.65 Å². The SMILES string of the molecule is C[C@@H]1CN(Cc2cnc3cnccn23)CCN1.Cl. The van der Waals surface area contributed by atoms with E-state index in [1.54, 1.807) is 12.4 Å². The van der Waals surface area contributed by atoms with Crippen LogP contribution in [0.15, 0.2) is 24.8 Å². The van der Waals surface area contributed by atoms with Gasteiger partial charge < -0.3 is 5.32 Å². The van der Waals surface area contributed by atoms with Crippen molar-refractivity contribution in [1.29, 1.82) is 0 Å². The summed E-state index contributed by atoms with van der Waals surface area (Å²) in [6, 6.07) is 0.574. The number of piperazine rings is 1. The molecule has 18 heavy (non-hydrogen) atoms. The van der Waals surface area contributed by atoms with Gasteiger partial charge in [-0.1, -0.05) is 0 Å². The molecular weight excluding hydrogens is 250 g/mol. The largest absolute Gasteiger partial charge is 0.312 e. The minimum Gasteiger partial charge on any atom is -0.312 e. The van der Waals surface area contributed by atoms with Crippen molar-refractivity contribution in [2.75, 3.05) is 19.6 Å². The molecule has 0 aliphatic carbocycles. The Morgan fingerprint density at radius 3 is 3.17 bits per heavy atom. The molecule has 1 N–H and O–H groups in total. The van der Waals surface area contributed by atoms with E-state index in [-0.39, 0.29) is 12.4 Å². The average molecular weight is 268 g/mol. The Hall–Kier alpha value is -1.17. The van der Waals surface area contributed by atoms with E-state index >= 15 is 0 Å². The van der Waals surface area contributed by atoms with E-state index in [2.05, 4.69) is 31.5 Å². The average Bonchev–Trinajstić information content (AvgIpc) is 2.73. The van der Waals surface area contributed by atoms with Crippen LogP contribution < -0.4 is 5.32 Å². The molecule has 1 aliphatic heterocycles. The molecule has 1 aliphatic rings. The molecule has 1 saturated heterocycles. The molecule has 2 aromatic rings. The van der Waals surface area contributed by atoms with Gasteiger partial charge in [-0.2, -0.15) is 0 Å². The van der Waals surface area contributed by atoms with Crippen LogP contribution in [-0.4, -0.2) is 44.9 Å². The molecule has 0 amide bonds. The first-order valence-electron chi connectivity index (χ1n) is 6.04. The van der Waals surface area contributed by atoms with E-state index in [1.165, 1.54) is 5.69 Å². The Bertz CT molecular complexity index is 512. The van der Waals surface area contributed by atoms with Crippen LogP contribution in [0.2, 0.25) is 0 Å². The van der Waals surface area contributed by atoms with Crippen LogP contribution in [0, 0.1) is 0 Å². The van der Waals surface area contributed by atoms with Crippen molar-refractivity contribution in [2.45, 2.75) is 19.5 Å². The van der Waals surface area contributed by atoms with Crippen molar-refractivity contribution >= 4 is 18.1 Å².